The van der Waals surface area contributed by atoms with Gasteiger partial charge in [0.1, 0.15) is 12.4 Å². The molecule has 2 rings (SSSR count). The zero-order valence-electron chi connectivity index (χ0n) is 21.4. The quantitative estimate of drug-likeness (QED) is 0.447. The number of nitrogens with one attached hydrogen (secondary N) is 2. The van der Waals surface area contributed by atoms with E-state index in [-0.39, 0.29) is 23.3 Å². The van der Waals surface area contributed by atoms with E-state index in [1.165, 1.54) is 12.1 Å². The molecule has 0 radical (unpaired) electrons. The SMILES string of the molecule is CN(C)[C@H](CNC(=O)C[C@@H](c1ccccc1)C(C)(C)C)Cc1ccc(C(=O)NCC(F)(F)F)c(F)c1. The molecule has 2 atom stereocenters. The summed E-state index contributed by atoms with van der Waals surface area (Å²) in [6.07, 6.45) is -3.89. The van der Waals surface area contributed by atoms with Crippen LogP contribution in [0.1, 0.15) is 54.6 Å². The van der Waals surface area contributed by atoms with Crippen LogP contribution in [-0.4, -0.2) is 56.1 Å². The molecular weight excluding hydrogens is 474 g/mol. The summed E-state index contributed by atoms with van der Waals surface area (Å²) in [5, 5.41) is 4.66. The number of hydrogen-bond acceptors (Lipinski definition) is 3. The van der Waals surface area contributed by atoms with Gasteiger partial charge in [0.25, 0.3) is 5.91 Å². The highest BCUT2D eigenvalue weighted by Gasteiger charge is 2.29. The second-order valence-electron chi connectivity index (χ2n) is 10.3. The Labute approximate surface area is 210 Å². The number of hydrogen-bond donors (Lipinski definition) is 2. The highest BCUT2D eigenvalue weighted by atomic mass is 19.4. The van der Waals surface area contributed by atoms with Gasteiger partial charge in [-0.3, -0.25) is 9.59 Å². The Morgan fingerprint density at radius 1 is 0.972 bits per heavy atom. The van der Waals surface area contributed by atoms with Crippen molar-refractivity contribution in [2.75, 3.05) is 27.2 Å². The van der Waals surface area contributed by atoms with Crippen molar-refractivity contribution in [1.29, 1.82) is 0 Å². The van der Waals surface area contributed by atoms with Gasteiger partial charge in [-0.25, -0.2) is 4.39 Å². The van der Waals surface area contributed by atoms with Crippen molar-refractivity contribution in [2.24, 2.45) is 5.41 Å². The smallest absolute Gasteiger partial charge is 0.355 e. The number of alkyl halides is 3. The normalized spacial score (nSPS) is 13.8. The van der Waals surface area contributed by atoms with Crippen LogP contribution < -0.4 is 10.6 Å². The van der Waals surface area contributed by atoms with E-state index in [2.05, 4.69) is 26.1 Å². The first kappa shape index (κ1) is 29.3. The second-order valence-corrected chi connectivity index (χ2v) is 10.3. The number of carbonyl (C=O) groups excluding carboxylic acids is 2. The van der Waals surface area contributed by atoms with Gasteiger partial charge >= 0.3 is 6.18 Å². The fraction of sp³-hybridized carbons (Fsp3) is 0.481. The third-order valence-electron chi connectivity index (χ3n) is 6.10. The Morgan fingerprint density at radius 2 is 1.61 bits per heavy atom. The van der Waals surface area contributed by atoms with Gasteiger partial charge in [0.2, 0.25) is 5.91 Å². The molecule has 9 heteroatoms. The van der Waals surface area contributed by atoms with E-state index in [4.69, 9.17) is 0 Å². The minimum absolute atomic E-state index is 0.0293. The molecule has 0 bridgehead atoms. The van der Waals surface area contributed by atoms with E-state index in [1.54, 1.807) is 5.32 Å². The maximum absolute atomic E-state index is 14.5. The van der Waals surface area contributed by atoms with Crippen molar-refractivity contribution < 1.29 is 27.2 Å². The topological polar surface area (TPSA) is 61.4 Å². The summed E-state index contributed by atoms with van der Waals surface area (Å²) in [5.74, 6) is -2.08. The molecular formula is C27H35F4N3O2. The van der Waals surface area contributed by atoms with Crippen molar-refractivity contribution in [1.82, 2.24) is 15.5 Å². The summed E-state index contributed by atoms with van der Waals surface area (Å²) in [6.45, 7) is 5.09. The van der Waals surface area contributed by atoms with Gasteiger partial charge in [-0.15, -0.1) is 0 Å². The van der Waals surface area contributed by atoms with Crippen LogP contribution in [0.4, 0.5) is 17.6 Å². The zero-order valence-corrected chi connectivity index (χ0v) is 21.4. The molecule has 0 heterocycles. The highest BCUT2D eigenvalue weighted by molar-refractivity contribution is 5.94. The fourth-order valence-electron chi connectivity index (χ4n) is 3.95. The number of likely N-dealkylation sites (N-methyl/N-ethyl adjacent to an activating group) is 1. The summed E-state index contributed by atoms with van der Waals surface area (Å²) in [6, 6.07) is 13.6. The van der Waals surface area contributed by atoms with Gasteiger partial charge in [-0.1, -0.05) is 57.2 Å². The summed E-state index contributed by atoms with van der Waals surface area (Å²) < 4.78 is 51.4. The first-order valence-electron chi connectivity index (χ1n) is 11.8. The van der Waals surface area contributed by atoms with E-state index in [9.17, 15) is 27.2 Å². The van der Waals surface area contributed by atoms with Crippen molar-refractivity contribution in [3.8, 4) is 0 Å². The lowest BCUT2D eigenvalue weighted by Crippen LogP contribution is -2.42. The molecule has 0 aromatic heterocycles. The Morgan fingerprint density at radius 3 is 2.14 bits per heavy atom. The number of carbonyl (C=O) groups is 2. The van der Waals surface area contributed by atoms with E-state index in [0.717, 1.165) is 11.6 Å². The molecule has 5 nitrogen and oxygen atoms in total. The van der Waals surface area contributed by atoms with Gasteiger partial charge in [-0.2, -0.15) is 13.2 Å². The van der Waals surface area contributed by atoms with E-state index in [1.807, 2.05) is 49.3 Å². The third kappa shape index (κ3) is 9.26. The maximum atomic E-state index is 14.5. The minimum atomic E-state index is -4.58. The third-order valence-corrected chi connectivity index (χ3v) is 6.10. The van der Waals surface area contributed by atoms with Crippen LogP contribution in [0.3, 0.4) is 0 Å². The summed E-state index contributed by atoms with van der Waals surface area (Å²) in [4.78, 5) is 26.6. The lowest BCUT2D eigenvalue weighted by Gasteiger charge is -2.31. The summed E-state index contributed by atoms with van der Waals surface area (Å²) in [7, 11) is 3.68. The lowest BCUT2D eigenvalue weighted by molar-refractivity contribution is -0.123. The fourth-order valence-corrected chi connectivity index (χ4v) is 3.95. The lowest BCUT2D eigenvalue weighted by atomic mass is 9.74. The van der Waals surface area contributed by atoms with Crippen LogP contribution in [-0.2, 0) is 11.2 Å². The molecule has 0 aliphatic rings. The molecule has 0 aliphatic heterocycles. The van der Waals surface area contributed by atoms with E-state index < -0.39 is 30.0 Å². The maximum Gasteiger partial charge on any atom is 0.405 e. The van der Waals surface area contributed by atoms with Crippen LogP contribution in [0.25, 0.3) is 0 Å². The van der Waals surface area contributed by atoms with Gasteiger partial charge in [0.15, 0.2) is 0 Å². The molecule has 0 saturated carbocycles. The Kier molecular flexibility index (Phi) is 10.0. The van der Waals surface area contributed by atoms with Gasteiger partial charge < -0.3 is 15.5 Å². The zero-order chi connectivity index (χ0) is 27.1. The average Bonchev–Trinajstić information content (AvgIpc) is 2.77. The Bertz CT molecular complexity index is 1020. The number of nitrogens with zero attached hydrogens (tertiary/aromatic N) is 1. The highest BCUT2D eigenvalue weighted by Crippen LogP contribution is 2.37. The first-order valence-corrected chi connectivity index (χ1v) is 11.8. The molecule has 36 heavy (non-hydrogen) atoms. The number of halogens is 4. The largest absolute Gasteiger partial charge is 0.405 e. The first-order chi connectivity index (χ1) is 16.7. The van der Waals surface area contributed by atoms with Crippen LogP contribution in [0.15, 0.2) is 48.5 Å². The predicted octanol–water partition coefficient (Wildman–Crippen LogP) is 4.93. The average molecular weight is 510 g/mol. The second kappa shape index (κ2) is 12.3. The molecule has 2 aromatic carbocycles. The van der Waals surface area contributed by atoms with Gasteiger partial charge in [-0.05, 0) is 55.1 Å². The number of rotatable bonds is 10. The summed E-state index contributed by atoms with van der Waals surface area (Å²) >= 11 is 0. The van der Waals surface area contributed by atoms with Gasteiger partial charge in [0.05, 0.1) is 5.56 Å². The van der Waals surface area contributed by atoms with Gasteiger partial charge in [0, 0.05) is 19.0 Å². The van der Waals surface area contributed by atoms with Crippen molar-refractivity contribution >= 4 is 11.8 Å². The molecule has 0 aliphatic carbocycles. The van der Waals surface area contributed by atoms with Crippen LogP contribution in [0.2, 0.25) is 0 Å². The number of benzene rings is 2. The molecule has 0 spiro atoms. The number of amides is 2. The molecule has 2 N–H and O–H groups in total. The molecule has 2 amide bonds. The van der Waals surface area contributed by atoms with Crippen molar-refractivity contribution in [2.45, 2.75) is 51.7 Å². The summed E-state index contributed by atoms with van der Waals surface area (Å²) in [5.41, 5.74) is 1.08. The monoisotopic (exact) mass is 509 g/mol. The Balaban J connectivity index is 2.02. The van der Waals surface area contributed by atoms with E-state index in [0.29, 0.717) is 24.9 Å². The molecule has 0 saturated heterocycles. The molecule has 198 valence electrons. The Hall–Kier alpha value is -2.94. The van der Waals surface area contributed by atoms with Crippen LogP contribution in [0, 0.1) is 11.2 Å². The van der Waals surface area contributed by atoms with Crippen LogP contribution >= 0.6 is 0 Å². The molecule has 2 aromatic rings. The van der Waals surface area contributed by atoms with Crippen molar-refractivity contribution in [3.63, 3.8) is 0 Å². The molecule has 0 fully saturated rings. The predicted molar refractivity (Wildman–Crippen MR) is 132 cm³/mol. The van der Waals surface area contributed by atoms with Crippen molar-refractivity contribution in [3.05, 3.63) is 71.0 Å². The van der Waals surface area contributed by atoms with E-state index >= 15 is 0 Å². The molecule has 0 unspecified atom stereocenters. The standard InChI is InChI=1S/C27H35F4N3O2/c1-26(2,3)22(19-9-7-6-8-10-19)15-24(35)32-16-20(34(4)5)13-18-11-12-21(23(28)14-18)25(36)33-17-27(29,30)31/h6-12,14,20,22H,13,15-17H2,1-5H3,(H,32,35)(H,33,36)/t20-,22-/m0/s1. The minimum Gasteiger partial charge on any atom is -0.355 e. The van der Waals surface area contributed by atoms with Crippen LogP contribution in [0.5, 0.6) is 0 Å².